The van der Waals surface area contributed by atoms with Crippen LogP contribution in [0.1, 0.15) is 29.3 Å². The van der Waals surface area contributed by atoms with E-state index in [-0.39, 0.29) is 23.7 Å². The fraction of sp³-hybridized carbons (Fsp3) is 0.467. The van der Waals surface area contributed by atoms with Crippen LogP contribution in [0.3, 0.4) is 0 Å². The zero-order valence-electron chi connectivity index (χ0n) is 12.5. The van der Waals surface area contributed by atoms with Crippen molar-refractivity contribution in [3.8, 4) is 0 Å². The number of nitro benzene ring substituents is 1. The smallest absolute Gasteiger partial charge is 0.308 e. The summed E-state index contributed by atoms with van der Waals surface area (Å²) < 4.78 is 0. The molecule has 0 radical (unpaired) electrons. The van der Waals surface area contributed by atoms with Gasteiger partial charge in [0.25, 0.3) is 11.6 Å². The molecule has 0 spiro atoms. The molecule has 1 N–H and O–H groups in total. The van der Waals surface area contributed by atoms with Crippen molar-refractivity contribution in [3.63, 3.8) is 0 Å². The largest absolute Gasteiger partial charge is 0.481 e. The molecule has 0 aliphatic carbocycles. The molecule has 2 rings (SSSR count). The van der Waals surface area contributed by atoms with E-state index in [9.17, 15) is 19.7 Å². The summed E-state index contributed by atoms with van der Waals surface area (Å²) in [5.74, 6) is -2.00. The summed E-state index contributed by atoms with van der Waals surface area (Å²) >= 11 is 0. The summed E-state index contributed by atoms with van der Waals surface area (Å²) in [7, 11) is 0. The minimum absolute atomic E-state index is 0.0169. The number of piperidine rings is 1. The second kappa shape index (κ2) is 6.13. The lowest BCUT2D eigenvalue weighted by Gasteiger charge is -2.34. The van der Waals surface area contributed by atoms with Crippen LogP contribution in [0.15, 0.2) is 18.2 Å². The van der Waals surface area contributed by atoms with Crippen molar-refractivity contribution < 1.29 is 19.6 Å². The summed E-state index contributed by atoms with van der Waals surface area (Å²) in [5.41, 5.74) is 0.219. The molecule has 0 bridgehead atoms. The lowest BCUT2D eigenvalue weighted by Crippen LogP contribution is -2.45. The third-order valence-electron chi connectivity index (χ3n) is 3.95. The molecule has 2 unspecified atom stereocenters. The number of hydrogen-bond acceptors (Lipinski definition) is 4. The van der Waals surface area contributed by atoms with Gasteiger partial charge in [0.1, 0.15) is 5.56 Å². The van der Waals surface area contributed by atoms with Crippen LogP contribution in [0.4, 0.5) is 5.69 Å². The first-order chi connectivity index (χ1) is 10.3. The van der Waals surface area contributed by atoms with E-state index >= 15 is 0 Å². The van der Waals surface area contributed by atoms with Gasteiger partial charge >= 0.3 is 5.97 Å². The lowest BCUT2D eigenvalue weighted by atomic mass is 9.90. The number of benzene rings is 1. The molecule has 1 aromatic carbocycles. The first-order valence-electron chi connectivity index (χ1n) is 7.07. The van der Waals surface area contributed by atoms with Gasteiger partial charge in [-0.25, -0.2) is 0 Å². The summed E-state index contributed by atoms with van der Waals surface area (Å²) in [6, 6.07) is 4.59. The van der Waals surface area contributed by atoms with E-state index in [1.54, 1.807) is 19.1 Å². The van der Waals surface area contributed by atoms with Crippen LogP contribution in [0.25, 0.3) is 0 Å². The number of hydrogen-bond donors (Lipinski definition) is 1. The molecule has 0 aromatic heterocycles. The molecule has 1 aliphatic heterocycles. The molecule has 2 atom stereocenters. The van der Waals surface area contributed by atoms with Gasteiger partial charge in [-0.15, -0.1) is 0 Å². The van der Waals surface area contributed by atoms with E-state index in [0.717, 1.165) is 0 Å². The molecular weight excluding hydrogens is 288 g/mol. The highest BCUT2D eigenvalue weighted by Gasteiger charge is 2.34. The topological polar surface area (TPSA) is 101 Å². The quantitative estimate of drug-likeness (QED) is 0.680. The van der Waals surface area contributed by atoms with E-state index in [1.807, 2.05) is 6.92 Å². The lowest BCUT2D eigenvalue weighted by molar-refractivity contribution is -0.385. The van der Waals surface area contributed by atoms with E-state index in [0.29, 0.717) is 18.5 Å². The van der Waals surface area contributed by atoms with Crippen molar-refractivity contribution in [2.24, 2.45) is 11.8 Å². The Hall–Kier alpha value is -2.44. The highest BCUT2D eigenvalue weighted by atomic mass is 16.6. The van der Waals surface area contributed by atoms with Crippen molar-refractivity contribution in [2.75, 3.05) is 13.1 Å². The van der Waals surface area contributed by atoms with Gasteiger partial charge < -0.3 is 10.0 Å². The number of amides is 1. The minimum Gasteiger partial charge on any atom is -0.481 e. The number of aryl methyl sites for hydroxylation is 1. The van der Waals surface area contributed by atoms with Crippen LogP contribution in [0.2, 0.25) is 0 Å². The predicted octanol–water partition coefficient (Wildman–Crippen LogP) is 2.09. The van der Waals surface area contributed by atoms with Crippen LogP contribution in [-0.2, 0) is 4.79 Å². The molecule has 22 heavy (non-hydrogen) atoms. The van der Waals surface area contributed by atoms with Crippen molar-refractivity contribution in [1.82, 2.24) is 4.90 Å². The Morgan fingerprint density at radius 1 is 1.36 bits per heavy atom. The second-order valence-corrected chi connectivity index (χ2v) is 5.81. The van der Waals surface area contributed by atoms with Crippen LogP contribution >= 0.6 is 0 Å². The monoisotopic (exact) mass is 306 g/mol. The van der Waals surface area contributed by atoms with E-state index in [1.165, 1.54) is 11.0 Å². The van der Waals surface area contributed by atoms with Crippen LogP contribution in [-0.4, -0.2) is 39.9 Å². The second-order valence-electron chi connectivity index (χ2n) is 5.81. The van der Waals surface area contributed by atoms with Gasteiger partial charge in [0.15, 0.2) is 0 Å². The maximum atomic E-state index is 12.6. The average Bonchev–Trinajstić information content (AvgIpc) is 2.45. The summed E-state index contributed by atoms with van der Waals surface area (Å²) in [5, 5.41) is 20.4. The molecule has 1 amide bonds. The van der Waals surface area contributed by atoms with Crippen molar-refractivity contribution in [3.05, 3.63) is 39.4 Å². The fourth-order valence-electron chi connectivity index (χ4n) is 2.94. The SMILES string of the molecule is Cc1cccc(C(=O)N2CC(C)CC(C(=O)O)C2)c1[N+](=O)[O-]. The van der Waals surface area contributed by atoms with Crippen LogP contribution < -0.4 is 0 Å². The number of nitro groups is 1. The Kier molecular flexibility index (Phi) is 4.44. The Morgan fingerprint density at radius 2 is 2.05 bits per heavy atom. The average molecular weight is 306 g/mol. The van der Waals surface area contributed by atoms with E-state index in [4.69, 9.17) is 5.11 Å². The highest BCUT2D eigenvalue weighted by molar-refractivity contribution is 5.99. The van der Waals surface area contributed by atoms with Crippen molar-refractivity contribution in [2.45, 2.75) is 20.3 Å². The molecule has 1 heterocycles. The standard InChI is InChI=1S/C15H18N2O5/c1-9-6-11(15(19)20)8-16(7-9)14(18)12-5-3-4-10(2)13(12)17(21)22/h3-5,9,11H,6-8H2,1-2H3,(H,19,20). The van der Waals surface area contributed by atoms with Gasteiger partial charge in [-0.2, -0.15) is 0 Å². The van der Waals surface area contributed by atoms with Gasteiger partial charge in [-0.05, 0) is 25.3 Å². The molecule has 1 aliphatic rings. The van der Waals surface area contributed by atoms with Gasteiger partial charge in [0.2, 0.25) is 0 Å². The van der Waals surface area contributed by atoms with Crippen molar-refractivity contribution >= 4 is 17.6 Å². The Balaban J connectivity index is 2.34. The van der Waals surface area contributed by atoms with Crippen LogP contribution in [0.5, 0.6) is 0 Å². The van der Waals surface area contributed by atoms with Gasteiger partial charge in [-0.1, -0.05) is 19.1 Å². The van der Waals surface area contributed by atoms with E-state index in [2.05, 4.69) is 0 Å². The number of rotatable bonds is 3. The Morgan fingerprint density at radius 3 is 2.64 bits per heavy atom. The maximum Gasteiger partial charge on any atom is 0.308 e. The molecule has 1 aromatic rings. The third kappa shape index (κ3) is 3.08. The highest BCUT2D eigenvalue weighted by Crippen LogP contribution is 2.28. The maximum absolute atomic E-state index is 12.6. The number of carbonyl (C=O) groups excluding carboxylic acids is 1. The minimum atomic E-state index is -0.942. The Bertz CT molecular complexity index is 628. The molecular formula is C15H18N2O5. The molecule has 0 saturated carbocycles. The Labute approximate surface area is 127 Å². The number of aliphatic carboxylic acids is 1. The molecule has 7 heteroatoms. The summed E-state index contributed by atoms with van der Waals surface area (Å²) in [6.45, 7) is 3.95. The van der Waals surface area contributed by atoms with Crippen molar-refractivity contribution in [1.29, 1.82) is 0 Å². The number of likely N-dealkylation sites (tertiary alicyclic amines) is 1. The first kappa shape index (κ1) is 15.9. The van der Waals surface area contributed by atoms with Gasteiger partial charge in [0, 0.05) is 18.7 Å². The fourth-order valence-corrected chi connectivity index (χ4v) is 2.94. The number of para-hydroxylation sites is 1. The summed E-state index contributed by atoms with van der Waals surface area (Å²) in [4.78, 5) is 35.9. The van der Waals surface area contributed by atoms with Gasteiger partial charge in [0.05, 0.1) is 10.8 Å². The molecule has 7 nitrogen and oxygen atoms in total. The van der Waals surface area contributed by atoms with E-state index < -0.39 is 22.7 Å². The van der Waals surface area contributed by atoms with Crippen LogP contribution in [0, 0.1) is 28.9 Å². The first-order valence-corrected chi connectivity index (χ1v) is 7.07. The number of carboxylic acids is 1. The number of nitrogens with zero attached hydrogens (tertiary/aromatic N) is 2. The predicted molar refractivity (Wildman–Crippen MR) is 78.6 cm³/mol. The summed E-state index contributed by atoms with van der Waals surface area (Å²) in [6.07, 6.45) is 0.509. The number of carbonyl (C=O) groups is 2. The molecule has 1 fully saturated rings. The third-order valence-corrected chi connectivity index (χ3v) is 3.95. The van der Waals surface area contributed by atoms with Gasteiger partial charge in [-0.3, -0.25) is 19.7 Å². The zero-order chi connectivity index (χ0) is 16.4. The number of carboxylic acid groups (broad SMARTS) is 1. The molecule has 1 saturated heterocycles. The molecule has 118 valence electrons. The normalized spacial score (nSPS) is 21.5. The zero-order valence-corrected chi connectivity index (χ0v) is 12.5.